The van der Waals surface area contributed by atoms with E-state index in [4.69, 9.17) is 5.73 Å². The lowest BCUT2D eigenvalue weighted by atomic mass is 10.2. The molecule has 1 saturated carbocycles. The molecule has 74 valence electrons. The SMILES string of the molecule is NC(=NCc1cccc(Br)c1)C1CC1. The van der Waals surface area contributed by atoms with Crippen LogP contribution in [0.3, 0.4) is 0 Å². The minimum atomic E-state index is 0.571. The number of halogens is 1. The van der Waals surface area contributed by atoms with E-state index in [-0.39, 0.29) is 0 Å². The van der Waals surface area contributed by atoms with Gasteiger partial charge in [0, 0.05) is 10.4 Å². The van der Waals surface area contributed by atoms with E-state index in [1.807, 2.05) is 12.1 Å². The fourth-order valence-corrected chi connectivity index (χ4v) is 1.77. The zero-order valence-electron chi connectivity index (χ0n) is 7.91. The summed E-state index contributed by atoms with van der Waals surface area (Å²) >= 11 is 3.43. The summed E-state index contributed by atoms with van der Waals surface area (Å²) < 4.78 is 1.09. The normalized spacial score (nSPS) is 17.1. The molecule has 1 fully saturated rings. The number of hydrogen-bond donors (Lipinski definition) is 1. The number of benzene rings is 1. The molecule has 14 heavy (non-hydrogen) atoms. The summed E-state index contributed by atoms with van der Waals surface area (Å²) in [4.78, 5) is 4.37. The summed E-state index contributed by atoms with van der Waals surface area (Å²) in [5, 5.41) is 0. The van der Waals surface area contributed by atoms with Crippen molar-refractivity contribution in [1.29, 1.82) is 0 Å². The number of rotatable bonds is 3. The molecule has 2 N–H and O–H groups in total. The molecule has 1 aromatic carbocycles. The summed E-state index contributed by atoms with van der Waals surface area (Å²) in [6.45, 7) is 0.696. The minimum absolute atomic E-state index is 0.571. The summed E-state index contributed by atoms with van der Waals surface area (Å²) in [6.07, 6.45) is 2.43. The van der Waals surface area contributed by atoms with Gasteiger partial charge in [0.25, 0.3) is 0 Å². The third-order valence-electron chi connectivity index (χ3n) is 2.33. The second-order valence-electron chi connectivity index (χ2n) is 3.65. The lowest BCUT2D eigenvalue weighted by Crippen LogP contribution is -2.14. The highest BCUT2D eigenvalue weighted by Gasteiger charge is 2.24. The molecule has 3 heteroatoms. The molecule has 0 heterocycles. The molecule has 1 aliphatic carbocycles. The average molecular weight is 253 g/mol. The Kier molecular flexibility index (Phi) is 2.87. The fourth-order valence-electron chi connectivity index (χ4n) is 1.33. The van der Waals surface area contributed by atoms with Gasteiger partial charge >= 0.3 is 0 Å². The van der Waals surface area contributed by atoms with Crippen LogP contribution in [-0.2, 0) is 6.54 Å². The number of aliphatic imine (C=N–C) groups is 1. The van der Waals surface area contributed by atoms with Gasteiger partial charge in [-0.05, 0) is 30.5 Å². The Hall–Kier alpha value is -0.830. The molecule has 2 rings (SSSR count). The van der Waals surface area contributed by atoms with Crippen molar-refractivity contribution in [3.63, 3.8) is 0 Å². The van der Waals surface area contributed by atoms with Crippen molar-refractivity contribution in [2.24, 2.45) is 16.6 Å². The molecule has 2 nitrogen and oxygen atoms in total. The van der Waals surface area contributed by atoms with Crippen molar-refractivity contribution in [2.45, 2.75) is 19.4 Å². The Bertz CT molecular complexity index is 356. The smallest absolute Gasteiger partial charge is 0.0972 e. The van der Waals surface area contributed by atoms with Gasteiger partial charge in [0.05, 0.1) is 12.4 Å². The van der Waals surface area contributed by atoms with E-state index < -0.39 is 0 Å². The van der Waals surface area contributed by atoms with Gasteiger partial charge in [-0.25, -0.2) is 0 Å². The molecule has 1 aromatic rings. The molecular weight excluding hydrogens is 240 g/mol. The van der Waals surface area contributed by atoms with E-state index in [0.717, 1.165) is 10.3 Å². The van der Waals surface area contributed by atoms with Crippen LogP contribution in [0.15, 0.2) is 33.7 Å². The molecule has 0 bridgehead atoms. The Morgan fingerprint density at radius 2 is 2.29 bits per heavy atom. The predicted molar refractivity (Wildman–Crippen MR) is 62.2 cm³/mol. The zero-order chi connectivity index (χ0) is 9.97. The van der Waals surface area contributed by atoms with E-state index in [9.17, 15) is 0 Å². The maximum absolute atomic E-state index is 5.80. The number of nitrogens with zero attached hydrogens (tertiary/aromatic N) is 1. The highest BCUT2D eigenvalue weighted by molar-refractivity contribution is 9.10. The van der Waals surface area contributed by atoms with E-state index in [0.29, 0.717) is 12.5 Å². The van der Waals surface area contributed by atoms with Crippen molar-refractivity contribution in [2.75, 3.05) is 0 Å². The third-order valence-corrected chi connectivity index (χ3v) is 2.82. The van der Waals surface area contributed by atoms with Crippen molar-refractivity contribution in [3.8, 4) is 0 Å². The van der Waals surface area contributed by atoms with Gasteiger partial charge in [0.2, 0.25) is 0 Å². The van der Waals surface area contributed by atoms with Gasteiger partial charge in [-0.15, -0.1) is 0 Å². The predicted octanol–water partition coefficient (Wildman–Crippen LogP) is 2.72. The second-order valence-corrected chi connectivity index (χ2v) is 4.56. The van der Waals surface area contributed by atoms with Gasteiger partial charge < -0.3 is 5.73 Å². The van der Waals surface area contributed by atoms with Crippen molar-refractivity contribution >= 4 is 21.8 Å². The molecule has 1 aliphatic rings. The average Bonchev–Trinajstić information content (AvgIpc) is 2.97. The van der Waals surface area contributed by atoms with Gasteiger partial charge in [-0.3, -0.25) is 4.99 Å². The van der Waals surface area contributed by atoms with E-state index >= 15 is 0 Å². The quantitative estimate of drug-likeness (QED) is 0.652. The Morgan fingerprint density at radius 3 is 2.93 bits per heavy atom. The summed E-state index contributed by atoms with van der Waals surface area (Å²) in [5.74, 6) is 1.40. The van der Waals surface area contributed by atoms with Crippen LogP contribution in [0, 0.1) is 5.92 Å². The van der Waals surface area contributed by atoms with Gasteiger partial charge in [0.1, 0.15) is 0 Å². The lowest BCUT2D eigenvalue weighted by Gasteiger charge is -1.99. The Labute approximate surface area is 92.4 Å². The number of nitrogens with two attached hydrogens (primary N) is 1. The van der Waals surface area contributed by atoms with Gasteiger partial charge in [0.15, 0.2) is 0 Å². The monoisotopic (exact) mass is 252 g/mol. The Balaban J connectivity index is 2.00. The molecule has 0 aromatic heterocycles. The van der Waals surface area contributed by atoms with E-state index in [1.54, 1.807) is 0 Å². The molecule has 0 spiro atoms. The van der Waals surface area contributed by atoms with Crippen LogP contribution in [-0.4, -0.2) is 5.84 Å². The standard InChI is InChI=1S/C11H13BrN2/c12-10-3-1-2-8(6-10)7-14-11(13)9-4-5-9/h1-3,6,9H,4-5,7H2,(H2,13,14). The molecule has 0 atom stereocenters. The lowest BCUT2D eigenvalue weighted by molar-refractivity contribution is 1.02. The minimum Gasteiger partial charge on any atom is -0.387 e. The van der Waals surface area contributed by atoms with Crippen LogP contribution in [0.5, 0.6) is 0 Å². The summed E-state index contributed by atoms with van der Waals surface area (Å²) in [7, 11) is 0. The van der Waals surface area contributed by atoms with Gasteiger partial charge in [-0.1, -0.05) is 28.1 Å². The van der Waals surface area contributed by atoms with Crippen LogP contribution in [0.2, 0.25) is 0 Å². The molecule has 0 unspecified atom stereocenters. The maximum atomic E-state index is 5.80. The first kappa shape index (κ1) is 9.71. The zero-order valence-corrected chi connectivity index (χ0v) is 9.50. The van der Waals surface area contributed by atoms with Crippen LogP contribution < -0.4 is 5.73 Å². The molecule has 0 radical (unpaired) electrons. The third kappa shape index (κ3) is 2.58. The highest BCUT2D eigenvalue weighted by Crippen LogP contribution is 2.28. The maximum Gasteiger partial charge on any atom is 0.0972 e. The first-order chi connectivity index (χ1) is 6.75. The molecule has 0 saturated heterocycles. The fraction of sp³-hybridized carbons (Fsp3) is 0.364. The summed E-state index contributed by atoms with van der Waals surface area (Å²) in [5.41, 5.74) is 7.00. The first-order valence-corrected chi connectivity index (χ1v) is 5.59. The van der Waals surface area contributed by atoms with E-state index in [2.05, 4.69) is 33.1 Å². The number of amidine groups is 1. The van der Waals surface area contributed by atoms with Crippen LogP contribution in [0.4, 0.5) is 0 Å². The van der Waals surface area contributed by atoms with Crippen molar-refractivity contribution in [1.82, 2.24) is 0 Å². The topological polar surface area (TPSA) is 38.4 Å². The largest absolute Gasteiger partial charge is 0.387 e. The summed E-state index contributed by atoms with van der Waals surface area (Å²) in [6, 6.07) is 8.16. The van der Waals surface area contributed by atoms with Crippen molar-refractivity contribution in [3.05, 3.63) is 34.3 Å². The van der Waals surface area contributed by atoms with Crippen LogP contribution in [0.25, 0.3) is 0 Å². The molecule has 0 aliphatic heterocycles. The number of hydrogen-bond acceptors (Lipinski definition) is 1. The molecular formula is C11H13BrN2. The van der Waals surface area contributed by atoms with Crippen LogP contribution in [0.1, 0.15) is 18.4 Å². The van der Waals surface area contributed by atoms with Crippen molar-refractivity contribution < 1.29 is 0 Å². The second kappa shape index (κ2) is 4.13. The van der Waals surface area contributed by atoms with Crippen LogP contribution >= 0.6 is 15.9 Å². The first-order valence-electron chi connectivity index (χ1n) is 4.80. The Morgan fingerprint density at radius 1 is 1.50 bits per heavy atom. The highest BCUT2D eigenvalue weighted by atomic mass is 79.9. The van der Waals surface area contributed by atoms with Gasteiger partial charge in [-0.2, -0.15) is 0 Å². The molecule has 0 amide bonds. The van der Waals surface area contributed by atoms with E-state index in [1.165, 1.54) is 18.4 Å².